The van der Waals surface area contributed by atoms with Crippen molar-refractivity contribution < 1.29 is 9.18 Å². The molecule has 0 aliphatic rings. The molecule has 23 heavy (non-hydrogen) atoms. The van der Waals surface area contributed by atoms with Crippen molar-refractivity contribution >= 4 is 11.6 Å². The number of halogens is 1. The van der Waals surface area contributed by atoms with Crippen LogP contribution in [0.5, 0.6) is 0 Å². The number of carbonyl (C=O) groups excluding carboxylic acids is 1. The van der Waals surface area contributed by atoms with Gasteiger partial charge in [-0.1, -0.05) is 13.8 Å². The fourth-order valence-corrected chi connectivity index (χ4v) is 2.22. The average Bonchev–Trinajstić information content (AvgIpc) is 2.96. The molecule has 0 spiro atoms. The molecule has 3 rings (SSSR count). The van der Waals surface area contributed by atoms with Crippen molar-refractivity contribution in [2.75, 3.05) is 6.54 Å². The van der Waals surface area contributed by atoms with Gasteiger partial charge in [0.05, 0.1) is 5.56 Å². The van der Waals surface area contributed by atoms with Crippen molar-refractivity contribution in [2.45, 2.75) is 13.8 Å². The maximum absolute atomic E-state index is 13.1. The normalized spacial score (nSPS) is 11.1. The minimum atomic E-state index is -0.309. The third-order valence-corrected chi connectivity index (χ3v) is 3.44. The molecule has 0 fully saturated rings. The number of rotatable bonds is 4. The van der Waals surface area contributed by atoms with E-state index in [1.54, 1.807) is 34.9 Å². The number of nitrogens with zero attached hydrogens (tertiary/aromatic N) is 3. The smallest absolute Gasteiger partial charge is 0.252 e. The summed E-state index contributed by atoms with van der Waals surface area (Å²) in [5.74, 6) is 0.501. The molecule has 0 bridgehead atoms. The van der Waals surface area contributed by atoms with Crippen molar-refractivity contribution in [1.29, 1.82) is 0 Å². The van der Waals surface area contributed by atoms with Gasteiger partial charge in [-0.2, -0.15) is 0 Å². The lowest BCUT2D eigenvalue weighted by Gasteiger charge is -2.08. The predicted molar refractivity (Wildman–Crippen MR) is 85.6 cm³/mol. The molecule has 2 heterocycles. The highest BCUT2D eigenvalue weighted by Crippen LogP contribution is 2.19. The number of carbonyl (C=O) groups is 1. The molecule has 0 aliphatic heterocycles. The molecular weight excluding hydrogens is 295 g/mol. The van der Waals surface area contributed by atoms with E-state index in [9.17, 15) is 9.18 Å². The van der Waals surface area contributed by atoms with Crippen LogP contribution in [-0.2, 0) is 0 Å². The van der Waals surface area contributed by atoms with Gasteiger partial charge in [-0.25, -0.2) is 4.39 Å². The van der Waals surface area contributed by atoms with E-state index < -0.39 is 0 Å². The Labute approximate surface area is 133 Å². The monoisotopic (exact) mass is 312 g/mol. The standard InChI is InChI=1S/C17H17FN4O/c1-11(2)9-19-17(23)13-5-8-15-20-21-16(22(15)10-13)12-3-6-14(18)7-4-12/h3-8,10-11H,9H2,1-2H3,(H,19,23). The molecule has 0 unspecified atom stereocenters. The molecule has 1 N–H and O–H groups in total. The molecule has 1 amide bonds. The Hall–Kier alpha value is -2.76. The third kappa shape index (κ3) is 3.21. The second-order valence-electron chi connectivity index (χ2n) is 5.78. The summed E-state index contributed by atoms with van der Waals surface area (Å²) in [4.78, 5) is 12.2. The van der Waals surface area contributed by atoms with Crippen LogP contribution in [0.3, 0.4) is 0 Å². The summed E-state index contributed by atoms with van der Waals surface area (Å²) in [6.45, 7) is 4.69. The van der Waals surface area contributed by atoms with Gasteiger partial charge in [0.25, 0.3) is 5.91 Å². The third-order valence-electron chi connectivity index (χ3n) is 3.44. The largest absolute Gasteiger partial charge is 0.352 e. The lowest BCUT2D eigenvalue weighted by atomic mass is 10.2. The first-order valence-corrected chi connectivity index (χ1v) is 7.43. The summed E-state index contributed by atoms with van der Waals surface area (Å²) < 4.78 is 14.8. The van der Waals surface area contributed by atoms with Crippen molar-refractivity contribution in [2.24, 2.45) is 5.92 Å². The van der Waals surface area contributed by atoms with Gasteiger partial charge in [-0.3, -0.25) is 9.20 Å². The van der Waals surface area contributed by atoms with Gasteiger partial charge >= 0.3 is 0 Å². The number of amides is 1. The van der Waals surface area contributed by atoms with Crippen molar-refractivity contribution in [3.8, 4) is 11.4 Å². The maximum Gasteiger partial charge on any atom is 0.252 e. The fourth-order valence-electron chi connectivity index (χ4n) is 2.22. The first-order valence-electron chi connectivity index (χ1n) is 7.43. The summed E-state index contributed by atoms with van der Waals surface area (Å²) in [6.07, 6.45) is 1.70. The summed E-state index contributed by atoms with van der Waals surface area (Å²) in [5.41, 5.74) is 1.89. The number of pyridine rings is 1. The Morgan fingerprint density at radius 1 is 1.17 bits per heavy atom. The number of aromatic nitrogens is 3. The van der Waals surface area contributed by atoms with E-state index >= 15 is 0 Å². The molecule has 118 valence electrons. The molecule has 0 atom stereocenters. The quantitative estimate of drug-likeness (QED) is 0.806. The summed E-state index contributed by atoms with van der Waals surface area (Å²) in [5, 5.41) is 11.1. The molecule has 6 heteroatoms. The van der Waals surface area contributed by atoms with Crippen LogP contribution in [-0.4, -0.2) is 27.0 Å². The van der Waals surface area contributed by atoms with E-state index in [1.807, 2.05) is 13.8 Å². The highest BCUT2D eigenvalue weighted by Gasteiger charge is 2.12. The Morgan fingerprint density at radius 3 is 2.61 bits per heavy atom. The maximum atomic E-state index is 13.1. The number of nitrogens with one attached hydrogen (secondary N) is 1. The number of benzene rings is 1. The summed E-state index contributed by atoms with van der Waals surface area (Å²) in [7, 11) is 0. The first-order chi connectivity index (χ1) is 11.0. The van der Waals surface area contributed by atoms with Crippen LogP contribution in [0.25, 0.3) is 17.0 Å². The van der Waals surface area contributed by atoms with Crippen LogP contribution >= 0.6 is 0 Å². The van der Waals surface area contributed by atoms with E-state index in [1.165, 1.54) is 12.1 Å². The van der Waals surface area contributed by atoms with Crippen molar-refractivity contribution in [3.63, 3.8) is 0 Å². The minimum Gasteiger partial charge on any atom is -0.352 e. The fraction of sp³-hybridized carbons (Fsp3) is 0.235. The second-order valence-corrected chi connectivity index (χ2v) is 5.78. The van der Waals surface area contributed by atoms with Crippen LogP contribution in [0.2, 0.25) is 0 Å². The molecule has 0 radical (unpaired) electrons. The topological polar surface area (TPSA) is 59.3 Å². The lowest BCUT2D eigenvalue weighted by Crippen LogP contribution is -2.27. The zero-order valence-electron chi connectivity index (χ0n) is 13.0. The number of fused-ring (bicyclic) bond motifs is 1. The average molecular weight is 312 g/mol. The zero-order chi connectivity index (χ0) is 16.4. The highest BCUT2D eigenvalue weighted by atomic mass is 19.1. The second kappa shape index (κ2) is 6.16. The molecule has 3 aromatic rings. The molecular formula is C17H17FN4O. The van der Waals surface area contributed by atoms with Crippen LogP contribution in [0.4, 0.5) is 4.39 Å². The van der Waals surface area contributed by atoms with Crippen LogP contribution in [0, 0.1) is 11.7 Å². The zero-order valence-corrected chi connectivity index (χ0v) is 13.0. The van der Waals surface area contributed by atoms with Gasteiger partial charge in [-0.05, 0) is 42.3 Å². The molecule has 1 aromatic carbocycles. The van der Waals surface area contributed by atoms with Gasteiger partial charge in [0.2, 0.25) is 0 Å². The minimum absolute atomic E-state index is 0.139. The number of hydrogen-bond donors (Lipinski definition) is 1. The Morgan fingerprint density at radius 2 is 1.91 bits per heavy atom. The van der Waals surface area contributed by atoms with Crippen molar-refractivity contribution in [1.82, 2.24) is 19.9 Å². The molecule has 0 saturated carbocycles. The van der Waals surface area contributed by atoms with Gasteiger partial charge < -0.3 is 5.32 Å². The van der Waals surface area contributed by atoms with Gasteiger partial charge in [0.1, 0.15) is 5.82 Å². The van der Waals surface area contributed by atoms with E-state index in [0.29, 0.717) is 29.5 Å². The van der Waals surface area contributed by atoms with Crippen LogP contribution in [0.15, 0.2) is 42.6 Å². The molecule has 0 aliphatic carbocycles. The van der Waals surface area contributed by atoms with Crippen LogP contribution < -0.4 is 5.32 Å². The Kier molecular flexibility index (Phi) is 4.06. The van der Waals surface area contributed by atoms with E-state index in [2.05, 4.69) is 15.5 Å². The molecule has 2 aromatic heterocycles. The van der Waals surface area contributed by atoms with E-state index in [4.69, 9.17) is 0 Å². The molecule has 0 saturated heterocycles. The van der Waals surface area contributed by atoms with Gasteiger partial charge in [-0.15, -0.1) is 10.2 Å². The van der Waals surface area contributed by atoms with E-state index in [0.717, 1.165) is 5.56 Å². The highest BCUT2D eigenvalue weighted by molar-refractivity contribution is 5.94. The Bertz CT molecular complexity index is 839. The number of hydrogen-bond acceptors (Lipinski definition) is 3. The predicted octanol–water partition coefficient (Wildman–Crippen LogP) is 2.92. The van der Waals surface area contributed by atoms with Gasteiger partial charge in [0.15, 0.2) is 11.5 Å². The molecule has 5 nitrogen and oxygen atoms in total. The summed E-state index contributed by atoms with van der Waals surface area (Å²) in [6, 6.07) is 9.47. The Balaban J connectivity index is 1.97. The lowest BCUT2D eigenvalue weighted by molar-refractivity contribution is 0.0948. The SMILES string of the molecule is CC(C)CNC(=O)c1ccc2nnc(-c3ccc(F)cc3)n2c1. The first kappa shape index (κ1) is 15.1. The van der Waals surface area contributed by atoms with Gasteiger partial charge in [0, 0.05) is 18.3 Å². The summed E-state index contributed by atoms with van der Waals surface area (Å²) >= 11 is 0. The van der Waals surface area contributed by atoms with E-state index in [-0.39, 0.29) is 11.7 Å². The van der Waals surface area contributed by atoms with Crippen LogP contribution in [0.1, 0.15) is 24.2 Å². The van der Waals surface area contributed by atoms with Crippen molar-refractivity contribution in [3.05, 3.63) is 54.0 Å².